The standard InChI is InChI=1S/C20H20N2O4S/c1-24-17-6-8-18(9-7-17)25-11-10-21-20(23)15-2-4-19(5-3-15)26-12-16-13-27-14-22-16/h2-9,13-14H,10-12H2,1H3,(H,21,23). The van der Waals surface area contributed by atoms with Crippen molar-refractivity contribution in [3.63, 3.8) is 0 Å². The van der Waals surface area contributed by atoms with E-state index in [1.807, 2.05) is 29.6 Å². The van der Waals surface area contributed by atoms with Crippen LogP contribution in [0.15, 0.2) is 59.4 Å². The first kappa shape index (κ1) is 18.7. The van der Waals surface area contributed by atoms with Crippen LogP contribution in [0.3, 0.4) is 0 Å². The number of nitrogens with zero attached hydrogens (tertiary/aromatic N) is 1. The number of methoxy groups -OCH3 is 1. The van der Waals surface area contributed by atoms with E-state index in [1.54, 1.807) is 36.9 Å². The molecule has 0 fully saturated rings. The summed E-state index contributed by atoms with van der Waals surface area (Å²) < 4.78 is 16.3. The highest BCUT2D eigenvalue weighted by Crippen LogP contribution is 2.17. The predicted molar refractivity (Wildman–Crippen MR) is 104 cm³/mol. The Bertz CT molecular complexity index is 833. The molecule has 0 aliphatic rings. The number of aromatic nitrogens is 1. The van der Waals surface area contributed by atoms with Crippen LogP contribution >= 0.6 is 11.3 Å². The summed E-state index contributed by atoms with van der Waals surface area (Å²) in [4.78, 5) is 16.3. The summed E-state index contributed by atoms with van der Waals surface area (Å²) in [7, 11) is 1.62. The molecule has 3 rings (SSSR count). The number of rotatable bonds is 9. The zero-order valence-electron chi connectivity index (χ0n) is 14.9. The Kier molecular flexibility index (Phi) is 6.65. The van der Waals surface area contributed by atoms with Crippen molar-refractivity contribution in [2.45, 2.75) is 6.61 Å². The molecular formula is C20H20N2O4S. The highest BCUT2D eigenvalue weighted by molar-refractivity contribution is 7.07. The maximum atomic E-state index is 12.2. The van der Waals surface area contributed by atoms with Gasteiger partial charge < -0.3 is 19.5 Å². The van der Waals surface area contributed by atoms with Crippen molar-refractivity contribution in [3.05, 3.63) is 70.7 Å². The molecule has 1 N–H and O–H groups in total. The molecule has 0 saturated carbocycles. The van der Waals surface area contributed by atoms with Gasteiger partial charge in [0, 0.05) is 10.9 Å². The van der Waals surface area contributed by atoms with Crippen LogP contribution in [0.1, 0.15) is 16.1 Å². The third kappa shape index (κ3) is 5.72. The summed E-state index contributed by atoms with van der Waals surface area (Å²) in [6.45, 7) is 1.21. The van der Waals surface area contributed by atoms with E-state index >= 15 is 0 Å². The number of nitrogens with one attached hydrogen (secondary N) is 1. The SMILES string of the molecule is COc1ccc(OCCNC(=O)c2ccc(OCc3cscn3)cc2)cc1. The van der Waals surface area contributed by atoms with Gasteiger partial charge in [-0.3, -0.25) is 4.79 Å². The molecule has 27 heavy (non-hydrogen) atoms. The minimum atomic E-state index is -0.153. The van der Waals surface area contributed by atoms with Gasteiger partial charge in [0.25, 0.3) is 5.91 Å². The van der Waals surface area contributed by atoms with Crippen molar-refractivity contribution >= 4 is 17.2 Å². The molecule has 0 aliphatic heterocycles. The van der Waals surface area contributed by atoms with Crippen molar-refractivity contribution in [1.29, 1.82) is 0 Å². The number of ether oxygens (including phenoxy) is 3. The monoisotopic (exact) mass is 384 g/mol. The Balaban J connectivity index is 1.39. The smallest absolute Gasteiger partial charge is 0.251 e. The molecule has 0 spiro atoms. The Morgan fingerprint density at radius 2 is 1.67 bits per heavy atom. The van der Waals surface area contributed by atoms with E-state index in [-0.39, 0.29) is 5.91 Å². The zero-order chi connectivity index (χ0) is 18.9. The quantitative estimate of drug-likeness (QED) is 0.572. The third-order valence-electron chi connectivity index (χ3n) is 3.70. The molecule has 1 amide bonds. The average Bonchev–Trinajstić information content (AvgIpc) is 3.24. The van der Waals surface area contributed by atoms with Crippen molar-refractivity contribution in [3.8, 4) is 17.2 Å². The molecule has 0 atom stereocenters. The first-order chi connectivity index (χ1) is 13.2. The summed E-state index contributed by atoms with van der Waals surface area (Å²) in [6.07, 6.45) is 0. The minimum Gasteiger partial charge on any atom is -0.497 e. The van der Waals surface area contributed by atoms with Crippen molar-refractivity contribution in [2.24, 2.45) is 0 Å². The molecule has 0 aliphatic carbocycles. The predicted octanol–water partition coefficient (Wildman–Crippen LogP) is 3.54. The van der Waals surface area contributed by atoms with Gasteiger partial charge in [0.2, 0.25) is 0 Å². The highest BCUT2D eigenvalue weighted by Gasteiger charge is 2.06. The number of carbonyl (C=O) groups excluding carboxylic acids is 1. The lowest BCUT2D eigenvalue weighted by Gasteiger charge is -2.09. The maximum absolute atomic E-state index is 12.2. The fourth-order valence-corrected chi connectivity index (χ4v) is 2.82. The number of benzene rings is 2. The van der Waals surface area contributed by atoms with E-state index in [0.29, 0.717) is 31.1 Å². The Morgan fingerprint density at radius 1 is 1.00 bits per heavy atom. The Labute approximate surface area is 161 Å². The third-order valence-corrected chi connectivity index (χ3v) is 4.34. The number of hydrogen-bond acceptors (Lipinski definition) is 6. The van der Waals surface area contributed by atoms with Gasteiger partial charge >= 0.3 is 0 Å². The second-order valence-corrected chi connectivity index (χ2v) is 6.29. The van der Waals surface area contributed by atoms with Crippen LogP contribution < -0.4 is 19.5 Å². The van der Waals surface area contributed by atoms with Crippen LogP contribution in [0.25, 0.3) is 0 Å². The molecule has 7 heteroatoms. The van der Waals surface area contributed by atoms with Crippen LogP contribution in [-0.2, 0) is 6.61 Å². The Morgan fingerprint density at radius 3 is 2.33 bits per heavy atom. The molecule has 1 aromatic heterocycles. The van der Waals surface area contributed by atoms with E-state index in [0.717, 1.165) is 17.2 Å². The number of thiazole rings is 1. The molecular weight excluding hydrogens is 364 g/mol. The summed E-state index contributed by atoms with van der Waals surface area (Å²) in [5.41, 5.74) is 3.23. The van der Waals surface area contributed by atoms with Crippen LogP contribution in [0.2, 0.25) is 0 Å². The zero-order valence-corrected chi connectivity index (χ0v) is 15.7. The summed E-state index contributed by atoms with van der Waals surface area (Å²) in [5, 5.41) is 4.77. The second kappa shape index (κ2) is 9.59. The van der Waals surface area contributed by atoms with Gasteiger partial charge in [-0.1, -0.05) is 0 Å². The molecule has 3 aromatic rings. The molecule has 140 valence electrons. The lowest BCUT2D eigenvalue weighted by molar-refractivity contribution is 0.0947. The van der Waals surface area contributed by atoms with Crippen molar-refractivity contribution in [2.75, 3.05) is 20.3 Å². The normalized spacial score (nSPS) is 10.3. The molecule has 0 bridgehead atoms. The molecule has 1 heterocycles. The van der Waals surface area contributed by atoms with Crippen LogP contribution in [0.4, 0.5) is 0 Å². The van der Waals surface area contributed by atoms with Gasteiger partial charge in [0.05, 0.1) is 24.9 Å². The second-order valence-electron chi connectivity index (χ2n) is 5.57. The van der Waals surface area contributed by atoms with Gasteiger partial charge in [-0.25, -0.2) is 4.98 Å². The largest absolute Gasteiger partial charge is 0.497 e. The van der Waals surface area contributed by atoms with Crippen molar-refractivity contribution < 1.29 is 19.0 Å². The highest BCUT2D eigenvalue weighted by atomic mass is 32.1. The average molecular weight is 384 g/mol. The number of amides is 1. The van der Waals surface area contributed by atoms with Gasteiger partial charge in [0.15, 0.2) is 0 Å². The van der Waals surface area contributed by atoms with Crippen LogP contribution in [0, 0.1) is 0 Å². The molecule has 6 nitrogen and oxygen atoms in total. The minimum absolute atomic E-state index is 0.153. The van der Waals surface area contributed by atoms with Crippen molar-refractivity contribution in [1.82, 2.24) is 10.3 Å². The molecule has 0 radical (unpaired) electrons. The van der Waals surface area contributed by atoms with E-state index in [2.05, 4.69) is 10.3 Å². The first-order valence-electron chi connectivity index (χ1n) is 8.39. The van der Waals surface area contributed by atoms with Crippen LogP contribution in [0.5, 0.6) is 17.2 Å². The molecule has 0 saturated heterocycles. The van der Waals surface area contributed by atoms with Gasteiger partial charge in [-0.2, -0.15) is 0 Å². The van der Waals surface area contributed by atoms with E-state index in [1.165, 1.54) is 11.3 Å². The molecule has 0 unspecified atom stereocenters. The number of carbonyl (C=O) groups is 1. The van der Waals surface area contributed by atoms with Gasteiger partial charge in [-0.15, -0.1) is 11.3 Å². The topological polar surface area (TPSA) is 69.7 Å². The summed E-state index contributed by atoms with van der Waals surface area (Å²) in [5.74, 6) is 2.04. The number of hydrogen-bond donors (Lipinski definition) is 1. The lowest BCUT2D eigenvalue weighted by atomic mass is 10.2. The van der Waals surface area contributed by atoms with Gasteiger partial charge in [-0.05, 0) is 48.5 Å². The maximum Gasteiger partial charge on any atom is 0.251 e. The Hall–Kier alpha value is -3.06. The summed E-state index contributed by atoms with van der Waals surface area (Å²) in [6, 6.07) is 14.3. The van der Waals surface area contributed by atoms with E-state index < -0.39 is 0 Å². The fraction of sp³-hybridized carbons (Fsp3) is 0.200. The molecule has 2 aromatic carbocycles. The van der Waals surface area contributed by atoms with E-state index in [4.69, 9.17) is 14.2 Å². The van der Waals surface area contributed by atoms with E-state index in [9.17, 15) is 4.79 Å². The van der Waals surface area contributed by atoms with Crippen LogP contribution in [-0.4, -0.2) is 31.2 Å². The first-order valence-corrected chi connectivity index (χ1v) is 9.34. The fourth-order valence-electron chi connectivity index (χ4n) is 2.28. The van der Waals surface area contributed by atoms with Gasteiger partial charge in [0.1, 0.15) is 30.5 Å². The summed E-state index contributed by atoms with van der Waals surface area (Å²) >= 11 is 1.53. The lowest BCUT2D eigenvalue weighted by Crippen LogP contribution is -2.28.